The van der Waals surface area contributed by atoms with Gasteiger partial charge in [0, 0.05) is 34.9 Å². The van der Waals surface area contributed by atoms with Gasteiger partial charge in [-0.15, -0.1) is 11.6 Å². The summed E-state index contributed by atoms with van der Waals surface area (Å²) < 4.78 is 18.7. The van der Waals surface area contributed by atoms with Crippen molar-refractivity contribution < 1.29 is 8.95 Å². The quantitative estimate of drug-likeness (QED) is 0.798. The fourth-order valence-corrected chi connectivity index (χ4v) is 3.27. The monoisotopic (exact) mass is 300 g/mol. The van der Waals surface area contributed by atoms with Crippen molar-refractivity contribution in [1.82, 2.24) is 9.55 Å². The second-order valence-corrected chi connectivity index (χ2v) is 6.22. The number of hydrogen-bond acceptors (Lipinski definition) is 3. The second-order valence-electron chi connectivity index (χ2n) is 4.48. The summed E-state index contributed by atoms with van der Waals surface area (Å²) in [6, 6.07) is 5.84. The Labute approximate surface area is 120 Å². The summed E-state index contributed by atoms with van der Waals surface area (Å²) in [6.07, 6.45) is 1.71. The molecule has 1 aromatic carbocycles. The predicted molar refractivity (Wildman–Crippen MR) is 79.5 cm³/mol. The highest BCUT2D eigenvalue weighted by molar-refractivity contribution is 7.84. The van der Waals surface area contributed by atoms with Gasteiger partial charge >= 0.3 is 0 Å². The zero-order chi connectivity index (χ0) is 14.0. The normalized spacial score (nSPS) is 14.5. The smallest absolute Gasteiger partial charge is 0.125 e. The van der Waals surface area contributed by atoms with Crippen LogP contribution in [0.15, 0.2) is 18.2 Å². The van der Waals surface area contributed by atoms with Crippen molar-refractivity contribution >= 4 is 33.4 Å². The van der Waals surface area contributed by atoms with Crippen LogP contribution in [0.25, 0.3) is 11.0 Å². The molecule has 0 spiro atoms. The average molecular weight is 301 g/mol. The van der Waals surface area contributed by atoms with E-state index in [9.17, 15) is 4.21 Å². The maximum absolute atomic E-state index is 11.4. The molecule has 1 aromatic heterocycles. The first-order valence-corrected chi connectivity index (χ1v) is 8.23. The third-order valence-corrected chi connectivity index (χ3v) is 4.20. The van der Waals surface area contributed by atoms with E-state index in [1.54, 1.807) is 13.4 Å². The van der Waals surface area contributed by atoms with Crippen LogP contribution in [0.2, 0.25) is 0 Å². The van der Waals surface area contributed by atoms with Crippen molar-refractivity contribution in [2.24, 2.45) is 0 Å². The van der Waals surface area contributed by atoms with Crippen molar-refractivity contribution in [2.75, 3.05) is 19.1 Å². The van der Waals surface area contributed by atoms with E-state index in [0.29, 0.717) is 11.6 Å². The Morgan fingerprint density at radius 1 is 1.53 bits per heavy atom. The van der Waals surface area contributed by atoms with Gasteiger partial charge in [0.25, 0.3) is 0 Å². The molecule has 0 saturated heterocycles. The van der Waals surface area contributed by atoms with Gasteiger partial charge in [0.2, 0.25) is 0 Å². The van der Waals surface area contributed by atoms with Gasteiger partial charge in [-0.1, -0.05) is 0 Å². The van der Waals surface area contributed by atoms with Crippen molar-refractivity contribution in [3.8, 4) is 5.75 Å². The summed E-state index contributed by atoms with van der Waals surface area (Å²) in [5, 5.41) is 0. The van der Waals surface area contributed by atoms with Crippen LogP contribution in [0.3, 0.4) is 0 Å². The number of aromatic nitrogens is 2. The molecule has 1 heterocycles. The molecule has 0 saturated carbocycles. The molecular weight excluding hydrogens is 284 g/mol. The molecule has 2 unspecified atom stereocenters. The van der Waals surface area contributed by atoms with Crippen LogP contribution in [0, 0.1) is 0 Å². The van der Waals surface area contributed by atoms with Gasteiger partial charge < -0.3 is 9.30 Å². The molecule has 0 aliphatic carbocycles. The third kappa shape index (κ3) is 2.92. The average Bonchev–Trinajstić information content (AvgIpc) is 2.74. The van der Waals surface area contributed by atoms with Crippen LogP contribution in [0.5, 0.6) is 5.75 Å². The predicted octanol–water partition coefficient (Wildman–Crippen LogP) is 2.72. The lowest BCUT2D eigenvalue weighted by Crippen LogP contribution is -2.15. The first-order valence-electron chi connectivity index (χ1n) is 5.97. The fourth-order valence-electron chi connectivity index (χ4n) is 2.26. The number of hydrogen-bond donors (Lipinski definition) is 0. The van der Waals surface area contributed by atoms with Gasteiger partial charge in [-0.2, -0.15) is 0 Å². The maximum Gasteiger partial charge on any atom is 0.125 e. The number of alkyl halides is 1. The Morgan fingerprint density at radius 2 is 2.26 bits per heavy atom. The van der Waals surface area contributed by atoms with Gasteiger partial charge in [0.1, 0.15) is 11.6 Å². The van der Waals surface area contributed by atoms with Gasteiger partial charge in [-0.3, -0.25) is 4.21 Å². The zero-order valence-corrected chi connectivity index (χ0v) is 12.8. The number of halogens is 1. The molecular formula is C13H17ClN2O2S. The molecule has 0 fully saturated rings. The van der Waals surface area contributed by atoms with E-state index in [0.717, 1.165) is 22.6 Å². The highest BCUT2D eigenvalue weighted by atomic mass is 35.5. The minimum Gasteiger partial charge on any atom is -0.497 e. The van der Waals surface area contributed by atoms with Crippen LogP contribution < -0.4 is 4.74 Å². The lowest BCUT2D eigenvalue weighted by molar-refractivity contribution is 0.415. The Hall–Kier alpha value is -1.07. The molecule has 6 heteroatoms. The highest BCUT2D eigenvalue weighted by Gasteiger charge is 2.16. The van der Waals surface area contributed by atoms with Crippen LogP contribution in [-0.4, -0.2) is 32.9 Å². The number of fused-ring (bicyclic) bond motifs is 1. The van der Waals surface area contributed by atoms with E-state index >= 15 is 0 Å². The fraction of sp³-hybridized carbons (Fsp3) is 0.462. The van der Waals surface area contributed by atoms with Crippen molar-refractivity contribution in [3.63, 3.8) is 0 Å². The van der Waals surface area contributed by atoms with Gasteiger partial charge in [0.05, 0.1) is 24.0 Å². The van der Waals surface area contributed by atoms with Crippen molar-refractivity contribution in [2.45, 2.75) is 18.8 Å². The third-order valence-electron chi connectivity index (χ3n) is 3.01. The van der Waals surface area contributed by atoms with E-state index in [2.05, 4.69) is 9.55 Å². The number of rotatable bonds is 5. The SMILES string of the molecule is COc1ccc2c(c1)nc(CCl)n2C(C)CS(C)=O. The van der Waals surface area contributed by atoms with Crippen molar-refractivity contribution in [3.05, 3.63) is 24.0 Å². The van der Waals surface area contributed by atoms with E-state index in [-0.39, 0.29) is 6.04 Å². The standard InChI is InChI=1S/C13H17ClN2O2S/c1-9(8-19(3)17)16-12-5-4-10(18-2)6-11(12)15-13(16)7-14/h4-6,9H,7-8H2,1-3H3. The summed E-state index contributed by atoms with van der Waals surface area (Å²) >= 11 is 5.97. The van der Waals surface area contributed by atoms with Crippen LogP contribution in [0.1, 0.15) is 18.8 Å². The minimum absolute atomic E-state index is 0.0954. The van der Waals surface area contributed by atoms with E-state index < -0.39 is 10.8 Å². The number of nitrogens with zero attached hydrogens (tertiary/aromatic N) is 2. The van der Waals surface area contributed by atoms with E-state index in [4.69, 9.17) is 16.3 Å². The van der Waals surface area contributed by atoms with Gasteiger partial charge in [-0.25, -0.2) is 4.98 Å². The summed E-state index contributed by atoms with van der Waals surface area (Å²) in [6.45, 7) is 2.03. The summed E-state index contributed by atoms with van der Waals surface area (Å²) in [5.74, 6) is 2.48. The molecule has 0 aliphatic heterocycles. The van der Waals surface area contributed by atoms with E-state index in [1.807, 2.05) is 25.1 Å². The first-order chi connectivity index (χ1) is 9.06. The Bertz CT molecular complexity index is 612. The number of benzene rings is 1. The lowest BCUT2D eigenvalue weighted by Gasteiger charge is -2.15. The molecule has 2 aromatic rings. The van der Waals surface area contributed by atoms with Gasteiger partial charge in [0.15, 0.2) is 0 Å². The minimum atomic E-state index is -0.856. The highest BCUT2D eigenvalue weighted by Crippen LogP contribution is 2.26. The number of methoxy groups -OCH3 is 1. The van der Waals surface area contributed by atoms with Gasteiger partial charge in [-0.05, 0) is 19.1 Å². The second kappa shape index (κ2) is 5.92. The molecule has 104 valence electrons. The molecule has 0 amide bonds. The summed E-state index contributed by atoms with van der Waals surface area (Å²) in [7, 11) is 0.773. The van der Waals surface area contributed by atoms with E-state index in [1.165, 1.54) is 0 Å². The summed E-state index contributed by atoms with van der Waals surface area (Å²) in [4.78, 5) is 4.52. The summed E-state index contributed by atoms with van der Waals surface area (Å²) in [5.41, 5.74) is 1.85. The molecule has 0 radical (unpaired) electrons. The molecule has 0 aliphatic rings. The molecule has 2 atom stereocenters. The number of ether oxygens (including phenoxy) is 1. The van der Waals surface area contributed by atoms with Crippen LogP contribution in [0.4, 0.5) is 0 Å². The maximum atomic E-state index is 11.4. The number of imidazole rings is 1. The lowest BCUT2D eigenvalue weighted by atomic mass is 10.2. The molecule has 19 heavy (non-hydrogen) atoms. The van der Waals surface area contributed by atoms with Crippen molar-refractivity contribution in [1.29, 1.82) is 0 Å². The molecule has 0 bridgehead atoms. The Balaban J connectivity index is 2.54. The zero-order valence-electron chi connectivity index (χ0n) is 11.2. The Morgan fingerprint density at radius 3 is 2.84 bits per heavy atom. The first kappa shape index (κ1) is 14.3. The van der Waals surface area contributed by atoms with Crippen LogP contribution >= 0.6 is 11.6 Å². The van der Waals surface area contributed by atoms with Crippen LogP contribution in [-0.2, 0) is 16.7 Å². The topological polar surface area (TPSA) is 44.1 Å². The molecule has 0 N–H and O–H groups in total. The largest absolute Gasteiger partial charge is 0.497 e. The molecule has 2 rings (SSSR count). The Kier molecular flexibility index (Phi) is 4.47. The molecule has 4 nitrogen and oxygen atoms in total.